The third-order valence-corrected chi connectivity index (χ3v) is 3.65. The van der Waals surface area contributed by atoms with E-state index < -0.39 is 0 Å². The number of allylic oxidation sites excluding steroid dienone is 2. The molecule has 4 heteroatoms. The van der Waals surface area contributed by atoms with Crippen LogP contribution in [0.1, 0.15) is 25.0 Å². The zero-order valence-electron chi connectivity index (χ0n) is 9.83. The molecule has 0 fully saturated rings. The summed E-state index contributed by atoms with van der Waals surface area (Å²) in [5.41, 5.74) is 5.11. The first kappa shape index (κ1) is 10.2. The van der Waals surface area contributed by atoms with E-state index in [2.05, 4.69) is 23.8 Å². The van der Waals surface area contributed by atoms with Crippen molar-refractivity contribution in [3.8, 4) is 11.5 Å². The highest BCUT2D eigenvalue weighted by Gasteiger charge is 2.24. The largest absolute Gasteiger partial charge is 0.505 e. The zero-order chi connectivity index (χ0) is 12.2. The molecule has 0 aliphatic heterocycles. The van der Waals surface area contributed by atoms with Gasteiger partial charge in [0, 0.05) is 11.1 Å². The molecule has 4 nitrogen and oxygen atoms in total. The molecule has 0 atom stereocenters. The highest BCUT2D eigenvalue weighted by Crippen LogP contribution is 2.42. The van der Waals surface area contributed by atoms with Crippen LogP contribution in [0.3, 0.4) is 0 Å². The number of benzene rings is 1. The number of H-pyrrole nitrogens is 1. The first-order chi connectivity index (χ1) is 8.09. The molecule has 0 amide bonds. The number of aromatic hydroxyl groups is 2. The Bertz CT molecular complexity index is 599. The van der Waals surface area contributed by atoms with E-state index in [0.29, 0.717) is 23.9 Å². The van der Waals surface area contributed by atoms with Crippen molar-refractivity contribution in [3.05, 3.63) is 28.6 Å². The van der Waals surface area contributed by atoms with Crippen LogP contribution < -0.4 is 0 Å². The molecule has 1 aliphatic carbocycles. The second kappa shape index (κ2) is 3.26. The van der Waals surface area contributed by atoms with Crippen LogP contribution >= 0.6 is 0 Å². The summed E-state index contributed by atoms with van der Waals surface area (Å²) < 4.78 is 0. The van der Waals surface area contributed by atoms with Gasteiger partial charge in [0.25, 0.3) is 0 Å². The first-order valence-corrected chi connectivity index (χ1v) is 5.63. The lowest BCUT2D eigenvalue weighted by molar-refractivity contribution is 0.456. The summed E-state index contributed by atoms with van der Waals surface area (Å²) in [6.07, 6.45) is 2.86. The zero-order valence-corrected chi connectivity index (χ0v) is 9.83. The number of phenolic OH excluding ortho intramolecular Hbond substituents is 2. The predicted molar refractivity (Wildman–Crippen MR) is 65.2 cm³/mol. The lowest BCUT2D eigenvalue weighted by Gasteiger charge is -2.21. The van der Waals surface area contributed by atoms with Crippen molar-refractivity contribution >= 4 is 11.0 Å². The molecular formula is C13H14N2O2. The summed E-state index contributed by atoms with van der Waals surface area (Å²) >= 11 is 0. The highest BCUT2D eigenvalue weighted by atomic mass is 16.3. The standard InChI is InChI=1S/C13H14N2O2/c1-6-3-8-9(4-7(6)2)13(17)11-10(12(8)16)14-5-15-11/h5,16-17H,3-4H2,1-2H3,(H,14,15). The molecule has 17 heavy (non-hydrogen) atoms. The number of aromatic nitrogens is 2. The first-order valence-electron chi connectivity index (χ1n) is 5.63. The van der Waals surface area contributed by atoms with Crippen LogP contribution in [0.15, 0.2) is 17.5 Å². The van der Waals surface area contributed by atoms with Crippen molar-refractivity contribution in [1.29, 1.82) is 0 Å². The number of aromatic amines is 1. The summed E-state index contributed by atoms with van der Waals surface area (Å²) in [5, 5.41) is 20.4. The van der Waals surface area contributed by atoms with Gasteiger partial charge in [-0.15, -0.1) is 0 Å². The molecule has 0 saturated heterocycles. The second-order valence-corrected chi connectivity index (χ2v) is 4.69. The molecule has 3 N–H and O–H groups in total. The van der Waals surface area contributed by atoms with Crippen molar-refractivity contribution in [1.82, 2.24) is 9.97 Å². The van der Waals surface area contributed by atoms with E-state index >= 15 is 0 Å². The van der Waals surface area contributed by atoms with Gasteiger partial charge in [0.2, 0.25) is 0 Å². The van der Waals surface area contributed by atoms with Crippen molar-refractivity contribution < 1.29 is 10.2 Å². The molecule has 1 aliphatic rings. The summed E-state index contributed by atoms with van der Waals surface area (Å²) in [5.74, 6) is 0.415. The number of fused-ring (bicyclic) bond motifs is 2. The van der Waals surface area contributed by atoms with Crippen LogP contribution in [0.4, 0.5) is 0 Å². The Hall–Kier alpha value is -1.97. The second-order valence-electron chi connectivity index (χ2n) is 4.69. The van der Waals surface area contributed by atoms with E-state index in [9.17, 15) is 10.2 Å². The minimum absolute atomic E-state index is 0.195. The molecule has 1 aromatic carbocycles. The summed E-state index contributed by atoms with van der Waals surface area (Å²) in [6, 6.07) is 0. The highest BCUT2D eigenvalue weighted by molar-refractivity contribution is 5.90. The van der Waals surface area contributed by atoms with Crippen LogP contribution in [0, 0.1) is 0 Å². The van der Waals surface area contributed by atoms with Gasteiger partial charge in [-0.25, -0.2) is 4.98 Å². The fourth-order valence-electron chi connectivity index (χ4n) is 2.45. The van der Waals surface area contributed by atoms with E-state index in [1.54, 1.807) is 0 Å². The lowest BCUT2D eigenvalue weighted by Crippen LogP contribution is -2.06. The average molecular weight is 230 g/mol. The Morgan fingerprint density at radius 3 is 2.29 bits per heavy atom. The van der Waals surface area contributed by atoms with Gasteiger partial charge in [-0.3, -0.25) is 0 Å². The number of rotatable bonds is 0. The SMILES string of the molecule is CC1=C(C)Cc2c(c(O)c3nc[nH]c3c2O)C1. The molecule has 88 valence electrons. The Morgan fingerprint density at radius 2 is 1.65 bits per heavy atom. The van der Waals surface area contributed by atoms with Crippen LogP contribution in [0.5, 0.6) is 11.5 Å². The minimum Gasteiger partial charge on any atom is -0.505 e. The Balaban J connectivity index is 2.36. The van der Waals surface area contributed by atoms with E-state index in [0.717, 1.165) is 11.1 Å². The molecule has 0 spiro atoms. The number of imidazole rings is 1. The van der Waals surface area contributed by atoms with Crippen LogP contribution in [-0.2, 0) is 12.8 Å². The molecule has 0 unspecified atom stereocenters. The molecule has 0 saturated carbocycles. The Labute approximate surface area is 98.6 Å². The van der Waals surface area contributed by atoms with E-state index in [1.165, 1.54) is 17.5 Å². The number of phenols is 2. The third-order valence-electron chi connectivity index (χ3n) is 3.65. The number of hydrogen-bond donors (Lipinski definition) is 3. The van der Waals surface area contributed by atoms with Crippen molar-refractivity contribution in [2.75, 3.05) is 0 Å². The minimum atomic E-state index is 0.195. The van der Waals surface area contributed by atoms with Gasteiger partial charge in [0.1, 0.15) is 22.5 Å². The van der Waals surface area contributed by atoms with Crippen LogP contribution in [0.25, 0.3) is 11.0 Å². The normalized spacial score (nSPS) is 15.4. The van der Waals surface area contributed by atoms with Crippen molar-refractivity contribution in [3.63, 3.8) is 0 Å². The van der Waals surface area contributed by atoms with Gasteiger partial charge >= 0.3 is 0 Å². The fraction of sp³-hybridized carbons (Fsp3) is 0.308. The Kier molecular flexibility index (Phi) is 1.96. The number of nitrogens with one attached hydrogen (secondary N) is 1. The molecule has 1 heterocycles. The van der Waals surface area contributed by atoms with Gasteiger partial charge in [0.05, 0.1) is 6.33 Å². The predicted octanol–water partition coefficient (Wildman–Crippen LogP) is 2.41. The van der Waals surface area contributed by atoms with Crippen LogP contribution in [-0.4, -0.2) is 20.2 Å². The van der Waals surface area contributed by atoms with Gasteiger partial charge in [0.15, 0.2) is 0 Å². The molecule has 3 rings (SSSR count). The van der Waals surface area contributed by atoms with Crippen molar-refractivity contribution in [2.24, 2.45) is 0 Å². The van der Waals surface area contributed by atoms with E-state index in [-0.39, 0.29) is 11.5 Å². The maximum atomic E-state index is 10.2. The quantitative estimate of drug-likeness (QED) is 0.481. The Morgan fingerprint density at radius 1 is 1.06 bits per heavy atom. The maximum Gasteiger partial charge on any atom is 0.147 e. The summed E-state index contributed by atoms with van der Waals surface area (Å²) in [6.45, 7) is 4.12. The van der Waals surface area contributed by atoms with Gasteiger partial charge in [-0.1, -0.05) is 11.1 Å². The topological polar surface area (TPSA) is 69.1 Å². The van der Waals surface area contributed by atoms with E-state index in [4.69, 9.17) is 0 Å². The van der Waals surface area contributed by atoms with Gasteiger partial charge in [-0.2, -0.15) is 0 Å². The smallest absolute Gasteiger partial charge is 0.147 e. The number of hydrogen-bond acceptors (Lipinski definition) is 3. The monoisotopic (exact) mass is 230 g/mol. The van der Waals surface area contributed by atoms with Crippen molar-refractivity contribution in [2.45, 2.75) is 26.7 Å². The van der Waals surface area contributed by atoms with E-state index in [1.807, 2.05) is 0 Å². The molecule has 2 aromatic rings. The van der Waals surface area contributed by atoms with Gasteiger partial charge in [-0.05, 0) is 26.7 Å². The fourth-order valence-corrected chi connectivity index (χ4v) is 2.45. The molecule has 0 radical (unpaired) electrons. The average Bonchev–Trinajstić information content (AvgIpc) is 2.78. The van der Waals surface area contributed by atoms with Gasteiger partial charge < -0.3 is 15.2 Å². The third kappa shape index (κ3) is 1.27. The summed E-state index contributed by atoms with van der Waals surface area (Å²) in [4.78, 5) is 6.92. The maximum absolute atomic E-state index is 10.2. The molecule has 0 bridgehead atoms. The molecular weight excluding hydrogens is 216 g/mol. The van der Waals surface area contributed by atoms with Crippen LogP contribution in [0.2, 0.25) is 0 Å². The number of nitrogens with zero attached hydrogens (tertiary/aromatic N) is 1. The lowest BCUT2D eigenvalue weighted by atomic mass is 9.86. The summed E-state index contributed by atoms with van der Waals surface area (Å²) in [7, 11) is 0. The molecule has 1 aromatic heterocycles.